The topological polar surface area (TPSA) is 132 Å². The summed E-state index contributed by atoms with van der Waals surface area (Å²) in [5.74, 6) is -1.24. The maximum Gasteiger partial charge on any atom is 0.438 e. The molecule has 0 unspecified atom stereocenters. The Morgan fingerprint density at radius 3 is 2.55 bits per heavy atom. The summed E-state index contributed by atoms with van der Waals surface area (Å²) in [5, 5.41) is 32.5. The molecule has 156 valence electrons. The first-order valence-electron chi connectivity index (χ1n) is 8.24. The molecule has 1 amide bonds. The number of alkyl halides is 3. The second-order valence-corrected chi connectivity index (χ2v) is 6.60. The van der Waals surface area contributed by atoms with E-state index in [9.17, 15) is 33.2 Å². The van der Waals surface area contributed by atoms with Gasteiger partial charge in [0, 0.05) is 18.3 Å². The van der Waals surface area contributed by atoms with Gasteiger partial charge in [-0.15, -0.1) is 0 Å². The number of nitrogens with zero attached hydrogens (tertiary/aromatic N) is 7. The molecular weight excluding hydrogens is 399 g/mol. The fraction of sp³-hybridized carbons (Fsp3) is 0.467. The van der Waals surface area contributed by atoms with Gasteiger partial charge in [0.25, 0.3) is 11.6 Å². The van der Waals surface area contributed by atoms with Crippen LogP contribution in [-0.2, 0) is 6.67 Å². The molecule has 3 rings (SSSR count). The molecule has 1 N–H and O–H groups in total. The summed E-state index contributed by atoms with van der Waals surface area (Å²) in [5.41, 5.74) is -3.62. The summed E-state index contributed by atoms with van der Waals surface area (Å²) in [7, 11) is 0. The minimum Gasteiger partial charge on any atom is -0.362 e. The minimum atomic E-state index is -5.12. The highest BCUT2D eigenvalue weighted by Gasteiger charge is 2.63. The van der Waals surface area contributed by atoms with Crippen LogP contribution in [0.25, 0.3) is 0 Å². The Morgan fingerprint density at radius 2 is 2.00 bits per heavy atom. The molecule has 0 bridgehead atoms. The molecule has 2 aromatic heterocycles. The first kappa shape index (κ1) is 20.4. The Labute approximate surface area is 161 Å². The molecule has 14 heteroatoms. The van der Waals surface area contributed by atoms with Crippen LogP contribution in [0.1, 0.15) is 35.2 Å². The minimum absolute atomic E-state index is 0.0246. The van der Waals surface area contributed by atoms with Crippen molar-refractivity contribution in [2.75, 3.05) is 0 Å². The van der Waals surface area contributed by atoms with Gasteiger partial charge in [0.15, 0.2) is 5.69 Å². The number of carbonyl (C=O) groups excluding carboxylic acids is 1. The van der Waals surface area contributed by atoms with E-state index >= 15 is 0 Å². The van der Waals surface area contributed by atoms with E-state index in [1.54, 1.807) is 0 Å². The van der Waals surface area contributed by atoms with Gasteiger partial charge in [-0.1, -0.05) is 0 Å². The monoisotopic (exact) mass is 415 g/mol. The normalized spacial score (nSPS) is 19.6. The Kier molecular flexibility index (Phi) is 4.69. The zero-order chi connectivity index (χ0) is 21.7. The van der Waals surface area contributed by atoms with E-state index in [-0.39, 0.29) is 40.2 Å². The van der Waals surface area contributed by atoms with Crippen molar-refractivity contribution in [1.29, 1.82) is 0 Å². The van der Waals surface area contributed by atoms with Crippen molar-refractivity contribution >= 4 is 17.3 Å². The maximum atomic E-state index is 13.3. The predicted octanol–water partition coefficient (Wildman–Crippen LogP) is 1.58. The highest BCUT2D eigenvalue weighted by molar-refractivity contribution is 5.96. The molecule has 29 heavy (non-hydrogen) atoms. The third-order valence-electron chi connectivity index (χ3n) is 4.43. The number of hydrazone groups is 1. The number of amides is 1. The van der Waals surface area contributed by atoms with Crippen molar-refractivity contribution in [1.82, 2.24) is 24.6 Å². The number of hydrogen-bond acceptors (Lipinski definition) is 7. The fourth-order valence-corrected chi connectivity index (χ4v) is 3.04. The van der Waals surface area contributed by atoms with Gasteiger partial charge in [-0.05, 0) is 26.8 Å². The molecule has 0 fully saturated rings. The third kappa shape index (κ3) is 3.35. The smallest absolute Gasteiger partial charge is 0.362 e. The van der Waals surface area contributed by atoms with Gasteiger partial charge in [0.1, 0.15) is 18.1 Å². The van der Waals surface area contributed by atoms with Gasteiger partial charge in [0.2, 0.25) is 0 Å². The summed E-state index contributed by atoms with van der Waals surface area (Å²) in [6.07, 6.45) is -4.68. The van der Waals surface area contributed by atoms with Crippen molar-refractivity contribution in [2.45, 2.75) is 45.8 Å². The molecule has 11 nitrogen and oxygen atoms in total. The predicted molar refractivity (Wildman–Crippen MR) is 90.9 cm³/mol. The first-order valence-corrected chi connectivity index (χ1v) is 8.24. The third-order valence-corrected chi connectivity index (χ3v) is 4.43. The van der Waals surface area contributed by atoms with Crippen LogP contribution in [0, 0.1) is 24.0 Å². The van der Waals surface area contributed by atoms with Gasteiger partial charge in [-0.25, -0.2) is 4.68 Å². The maximum absolute atomic E-state index is 13.3. The first-order chi connectivity index (χ1) is 13.3. The summed E-state index contributed by atoms with van der Waals surface area (Å²) < 4.78 is 42.3. The SMILES string of the molecule is CC1=NN(C(=O)c2ccn(Cn3nc(C)c([N+](=O)[O-])c3C)n2)[C@@](O)(C(F)(F)F)C1. The van der Waals surface area contributed by atoms with E-state index in [2.05, 4.69) is 15.3 Å². The van der Waals surface area contributed by atoms with E-state index < -0.39 is 29.2 Å². The standard InChI is InChI=1S/C15H16F3N7O4/c1-8-6-14(27,15(16,17)18)24(19-8)13(26)11-4-5-22(21-11)7-23-10(3)12(25(28)29)9(2)20-23/h4-5,27H,6-7H2,1-3H3/t14-/m0/s1. The molecule has 0 saturated heterocycles. The lowest BCUT2D eigenvalue weighted by Crippen LogP contribution is -2.56. The molecule has 0 aromatic carbocycles. The van der Waals surface area contributed by atoms with Crippen LogP contribution < -0.4 is 0 Å². The Balaban J connectivity index is 1.86. The van der Waals surface area contributed by atoms with Crippen molar-refractivity contribution in [3.8, 4) is 0 Å². The van der Waals surface area contributed by atoms with E-state index in [4.69, 9.17) is 0 Å². The Morgan fingerprint density at radius 1 is 1.34 bits per heavy atom. The van der Waals surface area contributed by atoms with Gasteiger partial charge >= 0.3 is 11.9 Å². The molecule has 0 spiro atoms. The molecule has 0 saturated carbocycles. The van der Waals surface area contributed by atoms with Crippen LogP contribution in [0.5, 0.6) is 0 Å². The van der Waals surface area contributed by atoms with Crippen molar-refractivity contribution in [3.63, 3.8) is 0 Å². The Hall–Kier alpha value is -3.29. The summed E-state index contributed by atoms with van der Waals surface area (Å²) >= 11 is 0. The molecule has 1 aliphatic heterocycles. The van der Waals surface area contributed by atoms with Gasteiger partial charge in [-0.3, -0.25) is 19.6 Å². The number of hydrogen-bond donors (Lipinski definition) is 1. The number of carbonyl (C=O) groups is 1. The lowest BCUT2D eigenvalue weighted by Gasteiger charge is -2.32. The summed E-state index contributed by atoms with van der Waals surface area (Å²) in [6.45, 7) is 4.10. The number of aryl methyl sites for hydroxylation is 1. The van der Waals surface area contributed by atoms with Crippen molar-refractivity contribution < 1.29 is 28.0 Å². The van der Waals surface area contributed by atoms with Crippen molar-refractivity contribution in [2.24, 2.45) is 5.10 Å². The highest BCUT2D eigenvalue weighted by atomic mass is 19.4. The van der Waals surface area contributed by atoms with E-state index in [1.807, 2.05) is 0 Å². The average molecular weight is 415 g/mol. The summed E-state index contributed by atoms with van der Waals surface area (Å²) in [6, 6.07) is 1.16. The number of halogens is 3. The van der Waals surface area contributed by atoms with Gasteiger partial charge in [-0.2, -0.15) is 33.5 Å². The van der Waals surface area contributed by atoms with Crippen molar-refractivity contribution in [3.05, 3.63) is 39.5 Å². The molecule has 1 aliphatic rings. The second kappa shape index (κ2) is 6.65. The Bertz CT molecular complexity index is 1030. The number of aliphatic hydroxyl groups is 1. The van der Waals surface area contributed by atoms with Crippen LogP contribution in [0.15, 0.2) is 17.4 Å². The molecule has 1 atom stereocenters. The molecular formula is C15H16F3N7O4. The molecule has 0 aliphatic carbocycles. The molecule has 3 heterocycles. The van der Waals surface area contributed by atoms with Gasteiger partial charge in [0.05, 0.1) is 4.92 Å². The van der Waals surface area contributed by atoms with E-state index in [0.29, 0.717) is 0 Å². The quantitative estimate of drug-likeness (QED) is 0.596. The zero-order valence-electron chi connectivity index (χ0n) is 15.5. The lowest BCUT2D eigenvalue weighted by molar-refractivity contribution is -0.386. The van der Waals surface area contributed by atoms with Crippen LogP contribution in [0.4, 0.5) is 18.9 Å². The molecule has 0 radical (unpaired) electrons. The van der Waals surface area contributed by atoms with E-state index in [1.165, 1.54) is 36.3 Å². The van der Waals surface area contributed by atoms with Crippen LogP contribution in [0.3, 0.4) is 0 Å². The van der Waals surface area contributed by atoms with Crippen LogP contribution >= 0.6 is 0 Å². The van der Waals surface area contributed by atoms with Crippen LogP contribution in [-0.4, -0.2) is 58.1 Å². The zero-order valence-corrected chi connectivity index (χ0v) is 15.5. The van der Waals surface area contributed by atoms with E-state index in [0.717, 1.165) is 6.07 Å². The summed E-state index contributed by atoms with van der Waals surface area (Å²) in [4.78, 5) is 23.0. The number of nitro groups is 1. The highest BCUT2D eigenvalue weighted by Crippen LogP contribution is 2.40. The largest absolute Gasteiger partial charge is 0.438 e. The van der Waals surface area contributed by atoms with Crippen LogP contribution in [0.2, 0.25) is 0 Å². The average Bonchev–Trinajstić information content (AvgIpc) is 3.24. The molecule has 2 aromatic rings. The van der Waals surface area contributed by atoms with Gasteiger partial charge < -0.3 is 5.11 Å². The number of rotatable bonds is 4. The lowest BCUT2D eigenvalue weighted by atomic mass is 10.1. The second-order valence-electron chi connectivity index (χ2n) is 6.60. The number of aromatic nitrogens is 4. The fourth-order valence-electron chi connectivity index (χ4n) is 3.04.